The van der Waals surface area contributed by atoms with Crippen LogP contribution in [0.3, 0.4) is 0 Å². The van der Waals surface area contributed by atoms with Crippen LogP contribution in [0.25, 0.3) is 0 Å². The van der Waals surface area contributed by atoms with Crippen LogP contribution < -0.4 is 0 Å². The number of phosphoric acid groups is 2. The van der Waals surface area contributed by atoms with Crippen LogP contribution in [0.15, 0.2) is 0 Å². The van der Waals surface area contributed by atoms with E-state index in [0.29, 0.717) is 43.4 Å². The number of hydrogen-bond donors (Lipinski definition) is 3. The summed E-state index contributed by atoms with van der Waals surface area (Å²) >= 11 is 0. The topological polar surface area (TPSA) is 237 Å². The molecule has 540 valence electrons. The van der Waals surface area contributed by atoms with Crippen molar-refractivity contribution >= 4 is 39.5 Å². The number of phosphoric ester groups is 2. The molecule has 0 bridgehead atoms. The summed E-state index contributed by atoms with van der Waals surface area (Å²) in [5.41, 5.74) is 0. The Labute approximate surface area is 556 Å². The molecule has 0 radical (unpaired) electrons. The Kier molecular flexibility index (Phi) is 60.3. The second kappa shape index (κ2) is 61.6. The molecular formula is C72H140O17P2. The third-order valence-electron chi connectivity index (χ3n) is 16.9. The van der Waals surface area contributed by atoms with Gasteiger partial charge in [0.05, 0.1) is 26.4 Å². The van der Waals surface area contributed by atoms with Gasteiger partial charge in [0.15, 0.2) is 12.2 Å². The van der Waals surface area contributed by atoms with Crippen LogP contribution in [0.4, 0.5) is 0 Å². The van der Waals surface area contributed by atoms with Gasteiger partial charge in [-0.05, 0) is 49.4 Å². The highest BCUT2D eigenvalue weighted by Crippen LogP contribution is 2.45. The van der Waals surface area contributed by atoms with Crippen molar-refractivity contribution in [2.75, 3.05) is 39.6 Å². The first-order valence-electron chi connectivity index (χ1n) is 37.2. The Hall–Kier alpha value is -1.94. The lowest BCUT2D eigenvalue weighted by atomic mass is 9.99. The Morgan fingerprint density at radius 3 is 0.780 bits per heavy atom. The predicted octanol–water partition coefficient (Wildman–Crippen LogP) is 20.5. The lowest BCUT2D eigenvalue weighted by Gasteiger charge is -2.21. The summed E-state index contributed by atoms with van der Waals surface area (Å²) in [5, 5.41) is 10.6. The number of aliphatic hydroxyl groups excluding tert-OH is 1. The number of ether oxygens (including phenoxy) is 4. The van der Waals surface area contributed by atoms with Gasteiger partial charge in [0.25, 0.3) is 0 Å². The third-order valence-corrected chi connectivity index (χ3v) is 18.8. The van der Waals surface area contributed by atoms with E-state index in [9.17, 15) is 43.2 Å². The van der Waals surface area contributed by atoms with E-state index in [4.69, 9.17) is 37.0 Å². The van der Waals surface area contributed by atoms with E-state index in [1.165, 1.54) is 148 Å². The van der Waals surface area contributed by atoms with Crippen LogP contribution in [-0.2, 0) is 65.4 Å². The first kappa shape index (κ1) is 89.1. The van der Waals surface area contributed by atoms with Crippen molar-refractivity contribution < 1.29 is 80.2 Å². The van der Waals surface area contributed by atoms with Crippen molar-refractivity contribution in [1.29, 1.82) is 0 Å². The van der Waals surface area contributed by atoms with Gasteiger partial charge < -0.3 is 33.8 Å². The molecule has 0 fully saturated rings. The predicted molar refractivity (Wildman–Crippen MR) is 367 cm³/mol. The molecule has 0 aliphatic heterocycles. The molecule has 0 rings (SSSR count). The average molecular weight is 1340 g/mol. The van der Waals surface area contributed by atoms with Crippen molar-refractivity contribution in [3.05, 3.63) is 0 Å². The summed E-state index contributed by atoms with van der Waals surface area (Å²) in [6, 6.07) is 0. The van der Waals surface area contributed by atoms with E-state index < -0.39 is 97.5 Å². The molecule has 0 aliphatic rings. The van der Waals surface area contributed by atoms with Gasteiger partial charge in [0.1, 0.15) is 19.3 Å². The summed E-state index contributed by atoms with van der Waals surface area (Å²) in [6.07, 6.45) is 44.9. The highest BCUT2D eigenvalue weighted by molar-refractivity contribution is 7.47. The quantitative estimate of drug-likeness (QED) is 0.0222. The van der Waals surface area contributed by atoms with Gasteiger partial charge >= 0.3 is 39.5 Å². The van der Waals surface area contributed by atoms with Crippen molar-refractivity contribution in [3.8, 4) is 0 Å². The number of unbranched alkanes of at least 4 members (excludes halogenated alkanes) is 34. The lowest BCUT2D eigenvalue weighted by Crippen LogP contribution is -2.30. The van der Waals surface area contributed by atoms with E-state index in [1.54, 1.807) is 0 Å². The smallest absolute Gasteiger partial charge is 0.462 e. The highest BCUT2D eigenvalue weighted by Gasteiger charge is 2.30. The standard InChI is InChI=1S/C72H140O17P2/c1-9-65(8)51-43-35-26-20-18-16-14-12-10-11-13-15-17-19-21-27-38-46-54-71(76)88-68(59-83-70(75)53-45-37-31-30-34-42-50-64(6)7)61-87-91(80,81)85-57-66(73)56-84-90(78,79)86-60-67(89-72(77)55-47-39-29-23-25-33-41-49-63(4)5)58-82-69(74)52-44-36-28-22-24-32-40-48-62(2)3/h62-68,73H,9-61H2,1-8H3,(H,78,79)(H,80,81)/t65?,66?,67-,68-/m1/s1. The molecule has 6 atom stereocenters. The summed E-state index contributed by atoms with van der Waals surface area (Å²) < 4.78 is 68.2. The Morgan fingerprint density at radius 1 is 0.308 bits per heavy atom. The minimum Gasteiger partial charge on any atom is -0.462 e. The molecule has 0 aromatic heterocycles. The average Bonchev–Trinajstić information content (AvgIpc) is 3.59. The van der Waals surface area contributed by atoms with Crippen LogP contribution >= 0.6 is 15.6 Å². The molecule has 0 aromatic rings. The van der Waals surface area contributed by atoms with Gasteiger partial charge in [0.2, 0.25) is 0 Å². The number of rotatable bonds is 69. The molecule has 91 heavy (non-hydrogen) atoms. The molecule has 0 aromatic carbocycles. The maximum atomic E-state index is 13.0. The number of aliphatic hydroxyl groups is 1. The summed E-state index contributed by atoms with van der Waals surface area (Å²) in [7, 11) is -9.90. The molecule has 17 nitrogen and oxygen atoms in total. The SMILES string of the molecule is CCC(C)CCCCCCCCCCCCCCCCCCCCC(=O)O[C@H](COC(=O)CCCCCCCCC(C)C)COP(=O)(O)OCC(O)COP(=O)(O)OC[C@@H](COC(=O)CCCCCCCCCC(C)C)OC(=O)CCCCCCCCCC(C)C. The third kappa shape index (κ3) is 65.1. The van der Waals surface area contributed by atoms with Gasteiger partial charge in [-0.15, -0.1) is 0 Å². The number of esters is 4. The largest absolute Gasteiger partial charge is 0.472 e. The van der Waals surface area contributed by atoms with E-state index in [-0.39, 0.29) is 25.7 Å². The second-order valence-corrected chi connectivity index (χ2v) is 30.6. The molecular weight excluding hydrogens is 1200 g/mol. The van der Waals surface area contributed by atoms with Gasteiger partial charge in [0, 0.05) is 25.7 Å². The fourth-order valence-electron chi connectivity index (χ4n) is 10.8. The zero-order valence-corrected chi connectivity index (χ0v) is 61.3. The van der Waals surface area contributed by atoms with Crippen molar-refractivity contribution in [3.63, 3.8) is 0 Å². The summed E-state index contributed by atoms with van der Waals surface area (Å²) in [6.45, 7) is 14.0. The van der Waals surface area contributed by atoms with Crippen molar-refractivity contribution in [2.45, 2.75) is 375 Å². The van der Waals surface area contributed by atoms with Crippen LogP contribution in [0.2, 0.25) is 0 Å². The summed E-state index contributed by atoms with van der Waals surface area (Å²) in [5.74, 6) is 0.818. The second-order valence-electron chi connectivity index (χ2n) is 27.6. The van der Waals surface area contributed by atoms with Crippen LogP contribution in [0.5, 0.6) is 0 Å². The van der Waals surface area contributed by atoms with Crippen LogP contribution in [0, 0.1) is 23.7 Å². The molecule has 0 amide bonds. The fraction of sp³-hybridized carbons (Fsp3) is 0.944. The van der Waals surface area contributed by atoms with E-state index >= 15 is 0 Å². The normalized spacial score (nSPS) is 14.5. The number of carbonyl (C=O) groups excluding carboxylic acids is 4. The van der Waals surface area contributed by atoms with Gasteiger partial charge in [-0.1, -0.05) is 306 Å². The monoisotopic (exact) mass is 1340 g/mol. The fourth-order valence-corrected chi connectivity index (χ4v) is 12.4. The zero-order chi connectivity index (χ0) is 67.5. The molecule has 0 spiro atoms. The molecule has 0 aliphatic carbocycles. The van der Waals surface area contributed by atoms with Crippen molar-refractivity contribution in [1.82, 2.24) is 0 Å². The molecule has 0 heterocycles. The van der Waals surface area contributed by atoms with Crippen LogP contribution in [0.1, 0.15) is 357 Å². The zero-order valence-electron chi connectivity index (χ0n) is 59.5. The van der Waals surface area contributed by atoms with Gasteiger partial charge in [-0.25, -0.2) is 9.13 Å². The minimum atomic E-state index is -4.95. The molecule has 0 saturated heterocycles. The van der Waals surface area contributed by atoms with Crippen LogP contribution in [-0.4, -0.2) is 96.7 Å². The minimum absolute atomic E-state index is 0.102. The number of hydrogen-bond acceptors (Lipinski definition) is 15. The van der Waals surface area contributed by atoms with Gasteiger partial charge in [-0.2, -0.15) is 0 Å². The van der Waals surface area contributed by atoms with E-state index in [0.717, 1.165) is 109 Å². The first-order valence-corrected chi connectivity index (χ1v) is 40.2. The highest BCUT2D eigenvalue weighted by atomic mass is 31.2. The maximum Gasteiger partial charge on any atom is 0.472 e. The molecule has 3 N–H and O–H groups in total. The molecule has 4 unspecified atom stereocenters. The van der Waals surface area contributed by atoms with Crippen molar-refractivity contribution in [2.24, 2.45) is 23.7 Å². The van der Waals surface area contributed by atoms with E-state index in [1.807, 2.05) is 0 Å². The summed E-state index contributed by atoms with van der Waals surface area (Å²) in [4.78, 5) is 72.4. The van der Waals surface area contributed by atoms with Gasteiger partial charge in [-0.3, -0.25) is 37.3 Å². The molecule has 0 saturated carbocycles. The molecule has 19 heteroatoms. The Bertz CT molecular complexity index is 1800. The maximum absolute atomic E-state index is 13.0. The Balaban J connectivity index is 5.12. The Morgan fingerprint density at radius 2 is 0.527 bits per heavy atom. The first-order chi connectivity index (χ1) is 43.6. The lowest BCUT2D eigenvalue weighted by molar-refractivity contribution is -0.161. The number of carbonyl (C=O) groups is 4. The van der Waals surface area contributed by atoms with E-state index in [2.05, 4.69) is 55.4 Å².